The number of rotatable bonds is 9. The lowest BCUT2D eigenvalue weighted by atomic mass is 9.60. The molecule has 0 radical (unpaired) electrons. The standard InChI is InChI=1S/C60H44B5N7/c61-50-49(51(62)53(64)54(65)52(50)63)60-70-57(39-24-14-5-15-25-39)69-59(71-60)45-32-42(58-67-55(37-20-10-3-11-21-37)66-56(68-58)38-22-12-4-13-23-38)28-31-46(45)72-47-33-40(35-16-6-1-7-17-35)26-29-43(47)44-30-27-41(34-48(44)72)36-18-8-2-9-19-36/h1-34H,61-65H2. The van der Waals surface area contributed by atoms with E-state index in [0.29, 0.717) is 34.9 Å². The third kappa shape index (κ3) is 8.01. The van der Waals surface area contributed by atoms with Crippen LogP contribution >= 0.6 is 0 Å². The third-order valence-electron chi connectivity index (χ3n) is 14.3. The number of hydrogen-bond donors (Lipinski definition) is 0. The molecule has 0 saturated carbocycles. The van der Waals surface area contributed by atoms with Crippen molar-refractivity contribution in [3.8, 4) is 96.3 Å². The summed E-state index contributed by atoms with van der Waals surface area (Å²) in [7, 11) is 11.0. The van der Waals surface area contributed by atoms with Crippen LogP contribution in [0.15, 0.2) is 206 Å². The summed E-state index contributed by atoms with van der Waals surface area (Å²) in [4.78, 5) is 31.8. The fraction of sp³-hybridized carbons (Fsp3) is 0. The molecule has 0 spiro atoms. The first-order valence-electron chi connectivity index (χ1n) is 24.4. The quantitative estimate of drug-likeness (QED) is 0.171. The molecule has 0 unspecified atom stereocenters. The summed E-state index contributed by atoms with van der Waals surface area (Å²) in [5.74, 6) is 3.43. The molecule has 0 atom stereocenters. The van der Waals surface area contributed by atoms with E-state index in [4.69, 9.17) is 29.9 Å². The van der Waals surface area contributed by atoms with E-state index in [0.717, 1.165) is 94.1 Å². The molecule has 3 heterocycles. The topological polar surface area (TPSA) is 82.3 Å². The first kappa shape index (κ1) is 44.3. The number of hydrogen-bond acceptors (Lipinski definition) is 6. The molecule has 7 nitrogen and oxygen atoms in total. The van der Waals surface area contributed by atoms with Gasteiger partial charge in [-0.1, -0.05) is 187 Å². The van der Waals surface area contributed by atoms with Crippen molar-refractivity contribution in [1.82, 2.24) is 34.5 Å². The predicted octanol–water partition coefficient (Wildman–Crippen LogP) is 5.78. The Kier molecular flexibility index (Phi) is 11.4. The van der Waals surface area contributed by atoms with Gasteiger partial charge in [0.25, 0.3) is 0 Å². The minimum atomic E-state index is 0.527. The Hall–Kier alpha value is -8.88. The van der Waals surface area contributed by atoms with E-state index >= 15 is 0 Å². The second kappa shape index (κ2) is 18.5. The van der Waals surface area contributed by atoms with Crippen LogP contribution in [0.5, 0.6) is 0 Å². The van der Waals surface area contributed by atoms with Crippen LogP contribution < -0.4 is 27.3 Å². The Labute approximate surface area is 423 Å². The molecule has 0 fully saturated rings. The van der Waals surface area contributed by atoms with Crippen LogP contribution in [0, 0.1) is 0 Å². The minimum absolute atomic E-state index is 0.527. The van der Waals surface area contributed by atoms with Gasteiger partial charge in [-0.05, 0) is 52.6 Å². The zero-order valence-electron chi connectivity index (χ0n) is 40.8. The Morgan fingerprint density at radius 3 is 1.03 bits per heavy atom. The van der Waals surface area contributed by atoms with Gasteiger partial charge in [-0.3, -0.25) is 0 Å². The van der Waals surface area contributed by atoms with E-state index in [1.54, 1.807) is 0 Å². The van der Waals surface area contributed by atoms with E-state index in [2.05, 4.69) is 171 Å². The molecule has 0 aliphatic carbocycles. The zero-order chi connectivity index (χ0) is 48.9. The highest BCUT2D eigenvalue weighted by Crippen LogP contribution is 2.41. The molecule has 0 aliphatic heterocycles. The van der Waals surface area contributed by atoms with Crippen molar-refractivity contribution in [2.45, 2.75) is 0 Å². The maximum Gasteiger partial charge on any atom is 0.166 e. The van der Waals surface area contributed by atoms with Crippen LogP contribution in [0.3, 0.4) is 0 Å². The Bertz CT molecular complexity index is 3840. The second-order valence-electron chi connectivity index (χ2n) is 18.5. The summed E-state index contributed by atoms with van der Waals surface area (Å²) in [5, 5.41) is 2.27. The molecule has 3 aromatic heterocycles. The smallest absolute Gasteiger partial charge is 0.166 e. The molecule has 12 aromatic rings. The van der Waals surface area contributed by atoms with Gasteiger partial charge in [-0.15, -0.1) is 16.4 Å². The molecular formula is C60H44B5N7. The molecule has 12 rings (SSSR count). The molecule has 12 heteroatoms. The number of fused-ring (bicyclic) bond motifs is 3. The Morgan fingerprint density at radius 2 is 0.597 bits per heavy atom. The molecule has 9 aromatic carbocycles. The Balaban J connectivity index is 1.20. The van der Waals surface area contributed by atoms with E-state index in [1.807, 2.05) is 78.9 Å². The van der Waals surface area contributed by atoms with E-state index in [-0.39, 0.29) is 0 Å². The van der Waals surface area contributed by atoms with Gasteiger partial charge < -0.3 is 4.57 Å². The summed E-state index contributed by atoms with van der Waals surface area (Å²) in [5.41, 5.74) is 18.8. The molecule has 334 valence electrons. The SMILES string of the molecule is Bc1c(B)c(B)c(-c2nc(-c3ccccc3)nc(-c3cc(-c4nc(-c5ccccc5)nc(-c5ccccc5)n4)ccc3-n3c4cc(-c5ccccc5)ccc4c4ccc(-c5ccccc5)cc43)n2)c(B)c1B. The highest BCUT2D eigenvalue weighted by molar-refractivity contribution is 6.68. The average molecular weight is 917 g/mol. The fourth-order valence-corrected chi connectivity index (χ4v) is 10.0. The highest BCUT2D eigenvalue weighted by atomic mass is 15.1. The summed E-state index contributed by atoms with van der Waals surface area (Å²) in [6.45, 7) is 0. The number of nitrogens with zero attached hydrogens (tertiary/aromatic N) is 7. The normalized spacial score (nSPS) is 11.3. The summed E-state index contributed by atoms with van der Waals surface area (Å²) < 4.78 is 2.39. The van der Waals surface area contributed by atoms with Gasteiger partial charge in [0.1, 0.15) is 39.2 Å². The third-order valence-corrected chi connectivity index (χ3v) is 14.3. The fourth-order valence-electron chi connectivity index (χ4n) is 10.0. The van der Waals surface area contributed by atoms with Crippen molar-refractivity contribution < 1.29 is 0 Å². The van der Waals surface area contributed by atoms with Gasteiger partial charge >= 0.3 is 0 Å². The van der Waals surface area contributed by atoms with E-state index < -0.39 is 0 Å². The van der Waals surface area contributed by atoms with Crippen molar-refractivity contribution >= 4 is 88.4 Å². The molecule has 0 amide bonds. The van der Waals surface area contributed by atoms with Gasteiger partial charge in [0.05, 0.1) is 16.7 Å². The number of benzene rings is 9. The maximum atomic E-state index is 5.57. The van der Waals surface area contributed by atoms with Crippen molar-refractivity contribution in [3.63, 3.8) is 0 Å². The van der Waals surface area contributed by atoms with Gasteiger partial charge in [-0.25, -0.2) is 29.9 Å². The van der Waals surface area contributed by atoms with Crippen LogP contribution in [-0.2, 0) is 0 Å². The van der Waals surface area contributed by atoms with E-state index in [1.165, 1.54) is 16.4 Å². The first-order chi connectivity index (χ1) is 35.3. The minimum Gasteiger partial charge on any atom is -0.308 e. The van der Waals surface area contributed by atoms with Crippen molar-refractivity contribution in [2.24, 2.45) is 0 Å². The largest absolute Gasteiger partial charge is 0.308 e. The zero-order valence-corrected chi connectivity index (χ0v) is 40.8. The molecule has 0 aliphatic rings. The molecular weight excluding hydrogens is 873 g/mol. The lowest BCUT2D eigenvalue weighted by Gasteiger charge is -2.20. The molecule has 0 N–H and O–H groups in total. The summed E-state index contributed by atoms with van der Waals surface area (Å²) in [6.07, 6.45) is 0. The number of aromatic nitrogens is 7. The molecule has 0 saturated heterocycles. The van der Waals surface area contributed by atoms with Gasteiger partial charge in [0.2, 0.25) is 0 Å². The van der Waals surface area contributed by atoms with Crippen molar-refractivity contribution in [3.05, 3.63) is 206 Å². The van der Waals surface area contributed by atoms with Crippen LogP contribution in [-0.4, -0.2) is 73.7 Å². The summed E-state index contributed by atoms with van der Waals surface area (Å²) >= 11 is 0. The van der Waals surface area contributed by atoms with Gasteiger partial charge in [0.15, 0.2) is 34.9 Å². The molecule has 72 heavy (non-hydrogen) atoms. The second-order valence-corrected chi connectivity index (χ2v) is 18.5. The van der Waals surface area contributed by atoms with Gasteiger partial charge in [-0.2, -0.15) is 0 Å². The first-order valence-corrected chi connectivity index (χ1v) is 24.4. The highest BCUT2D eigenvalue weighted by Gasteiger charge is 2.24. The Morgan fingerprint density at radius 1 is 0.264 bits per heavy atom. The van der Waals surface area contributed by atoms with Crippen LogP contribution in [0.4, 0.5) is 0 Å². The van der Waals surface area contributed by atoms with Crippen LogP contribution in [0.25, 0.3) is 118 Å². The predicted molar refractivity (Wildman–Crippen MR) is 312 cm³/mol. The van der Waals surface area contributed by atoms with Gasteiger partial charge in [0, 0.05) is 44.2 Å². The van der Waals surface area contributed by atoms with E-state index in [9.17, 15) is 0 Å². The maximum absolute atomic E-state index is 5.57. The lowest BCUT2D eigenvalue weighted by Crippen LogP contribution is -2.55. The summed E-state index contributed by atoms with van der Waals surface area (Å²) in [6, 6.07) is 71.6. The average Bonchev–Trinajstić information content (AvgIpc) is 3.77. The van der Waals surface area contributed by atoms with Crippen LogP contribution in [0.2, 0.25) is 0 Å². The van der Waals surface area contributed by atoms with Crippen LogP contribution in [0.1, 0.15) is 0 Å². The molecule has 0 bridgehead atoms. The monoisotopic (exact) mass is 917 g/mol. The van der Waals surface area contributed by atoms with Crippen molar-refractivity contribution in [2.75, 3.05) is 0 Å². The van der Waals surface area contributed by atoms with Crippen molar-refractivity contribution in [1.29, 1.82) is 0 Å². The lowest BCUT2D eigenvalue weighted by molar-refractivity contribution is 1.06.